The van der Waals surface area contributed by atoms with Crippen LogP contribution in [-0.2, 0) is 10.0 Å². The number of carbonyl (C=O) groups excluding carboxylic acids is 1. The molecule has 8 heteroatoms. The number of hydrogen-bond acceptors (Lipinski definition) is 5. The van der Waals surface area contributed by atoms with Gasteiger partial charge in [0, 0.05) is 12.0 Å². The number of Topliss-reactive ketones (excluding diaryl/α,β-unsaturated/α-hetero) is 1. The minimum atomic E-state index is -3.74. The summed E-state index contributed by atoms with van der Waals surface area (Å²) in [7, 11) is -3.74. The van der Waals surface area contributed by atoms with Gasteiger partial charge in [-0.25, -0.2) is 18.1 Å². The van der Waals surface area contributed by atoms with E-state index in [1.165, 1.54) is 18.5 Å². The molecule has 0 bridgehead atoms. The second-order valence-corrected chi connectivity index (χ2v) is 6.23. The lowest BCUT2D eigenvalue weighted by Gasteiger charge is -2.12. The lowest BCUT2D eigenvalue weighted by atomic mass is 10.1. The molecule has 1 aromatic carbocycles. The Labute approximate surface area is 122 Å². The molecule has 0 saturated heterocycles. The first-order valence-corrected chi connectivity index (χ1v) is 7.93. The summed E-state index contributed by atoms with van der Waals surface area (Å²) in [6.07, 6.45) is 1.63. The molecule has 2 aromatic rings. The normalized spacial score (nSPS) is 13.0. The summed E-state index contributed by atoms with van der Waals surface area (Å²) < 4.78 is 27.1. The van der Waals surface area contributed by atoms with Gasteiger partial charge in [0.25, 0.3) is 0 Å². The van der Waals surface area contributed by atoms with Gasteiger partial charge in [0.2, 0.25) is 10.0 Å². The van der Waals surface area contributed by atoms with Crippen molar-refractivity contribution in [1.29, 1.82) is 0 Å². The molecule has 0 saturated carbocycles. The van der Waals surface area contributed by atoms with Crippen LogP contribution in [0, 0.1) is 0 Å². The molecule has 1 aromatic heterocycles. The van der Waals surface area contributed by atoms with E-state index in [4.69, 9.17) is 0 Å². The number of ketones is 1. The number of sulfonamides is 1. The molecule has 0 spiro atoms. The van der Waals surface area contributed by atoms with Crippen molar-refractivity contribution in [3.8, 4) is 0 Å². The van der Waals surface area contributed by atoms with E-state index < -0.39 is 16.1 Å². The van der Waals surface area contributed by atoms with Crippen LogP contribution in [0.25, 0.3) is 0 Å². The Bertz CT molecular complexity index is 726. The fourth-order valence-electron chi connectivity index (χ4n) is 1.82. The molecule has 21 heavy (non-hydrogen) atoms. The van der Waals surface area contributed by atoms with Crippen molar-refractivity contribution in [3.63, 3.8) is 0 Å². The molecule has 2 rings (SSSR count). The molecule has 0 aliphatic rings. The zero-order valence-corrected chi connectivity index (χ0v) is 12.5. The molecule has 7 nitrogen and oxygen atoms in total. The van der Waals surface area contributed by atoms with Crippen molar-refractivity contribution in [3.05, 3.63) is 42.0 Å². The molecule has 1 heterocycles. The van der Waals surface area contributed by atoms with Crippen LogP contribution in [0.15, 0.2) is 35.5 Å². The molecular formula is C13H16N4O3S. The molecule has 0 fully saturated rings. The summed E-state index contributed by atoms with van der Waals surface area (Å²) in [6.45, 7) is 3.38. The predicted octanol–water partition coefficient (Wildman–Crippen LogP) is 1.44. The highest BCUT2D eigenvalue weighted by atomic mass is 32.2. The van der Waals surface area contributed by atoms with Gasteiger partial charge in [-0.1, -0.05) is 19.1 Å². The third-order valence-corrected chi connectivity index (χ3v) is 4.50. The van der Waals surface area contributed by atoms with Crippen LogP contribution < -0.4 is 4.72 Å². The monoisotopic (exact) mass is 308 g/mol. The topological polar surface area (TPSA) is 105 Å². The summed E-state index contributed by atoms with van der Waals surface area (Å²) in [5.41, 5.74) is 0.382. The standard InChI is InChI=1S/C13H16N4O3S/c1-3-12(18)10-5-4-6-11(7-10)21(19,20)17-9(2)13-14-8-15-16-13/h4-9,17H,3H2,1-2H3,(H,14,15,16). The van der Waals surface area contributed by atoms with E-state index in [9.17, 15) is 13.2 Å². The van der Waals surface area contributed by atoms with E-state index in [1.54, 1.807) is 26.0 Å². The van der Waals surface area contributed by atoms with E-state index >= 15 is 0 Å². The van der Waals surface area contributed by atoms with Crippen molar-refractivity contribution >= 4 is 15.8 Å². The highest BCUT2D eigenvalue weighted by Crippen LogP contribution is 2.16. The van der Waals surface area contributed by atoms with Gasteiger partial charge in [-0.15, -0.1) is 0 Å². The molecule has 112 valence electrons. The predicted molar refractivity (Wildman–Crippen MR) is 76.2 cm³/mol. The maximum absolute atomic E-state index is 12.3. The van der Waals surface area contributed by atoms with Crippen LogP contribution in [0.1, 0.15) is 42.5 Å². The number of aromatic nitrogens is 3. The Balaban J connectivity index is 2.25. The summed E-state index contributed by atoms with van der Waals surface area (Å²) in [4.78, 5) is 15.6. The molecular weight excluding hydrogens is 292 g/mol. The Morgan fingerprint density at radius 2 is 2.19 bits per heavy atom. The minimum Gasteiger partial charge on any atom is -0.294 e. The minimum absolute atomic E-state index is 0.0492. The SMILES string of the molecule is CCC(=O)c1cccc(S(=O)(=O)NC(C)c2ncn[nH]2)c1. The Morgan fingerprint density at radius 3 is 2.81 bits per heavy atom. The first-order valence-electron chi connectivity index (χ1n) is 6.45. The number of hydrogen-bond donors (Lipinski definition) is 2. The summed E-state index contributed by atoms with van der Waals surface area (Å²) in [5.74, 6) is 0.315. The molecule has 0 amide bonds. The van der Waals surface area contributed by atoms with Gasteiger partial charge >= 0.3 is 0 Å². The lowest BCUT2D eigenvalue weighted by Crippen LogP contribution is -2.27. The maximum atomic E-state index is 12.3. The fourth-order valence-corrected chi connectivity index (χ4v) is 3.07. The van der Waals surface area contributed by atoms with E-state index in [0.717, 1.165) is 0 Å². The third-order valence-electron chi connectivity index (χ3n) is 2.96. The molecule has 1 unspecified atom stereocenters. The number of benzene rings is 1. The number of nitrogens with zero attached hydrogens (tertiary/aromatic N) is 2. The second-order valence-electron chi connectivity index (χ2n) is 4.52. The van der Waals surface area contributed by atoms with E-state index in [1.807, 2.05) is 0 Å². The van der Waals surface area contributed by atoms with E-state index in [2.05, 4.69) is 19.9 Å². The molecule has 1 atom stereocenters. The Morgan fingerprint density at radius 1 is 1.43 bits per heavy atom. The smallest absolute Gasteiger partial charge is 0.241 e. The number of carbonyl (C=O) groups is 1. The maximum Gasteiger partial charge on any atom is 0.241 e. The zero-order chi connectivity index (χ0) is 15.5. The molecule has 0 radical (unpaired) electrons. The van der Waals surface area contributed by atoms with Gasteiger partial charge in [-0.05, 0) is 19.1 Å². The third kappa shape index (κ3) is 3.53. The molecule has 0 aliphatic carbocycles. The van der Waals surface area contributed by atoms with Gasteiger partial charge < -0.3 is 0 Å². The molecule has 0 aliphatic heterocycles. The van der Waals surface area contributed by atoms with Crippen LogP contribution in [0.5, 0.6) is 0 Å². The van der Waals surface area contributed by atoms with Crippen LogP contribution in [0.2, 0.25) is 0 Å². The highest BCUT2D eigenvalue weighted by molar-refractivity contribution is 7.89. The van der Waals surface area contributed by atoms with Gasteiger partial charge in [0.05, 0.1) is 10.9 Å². The summed E-state index contributed by atoms with van der Waals surface area (Å²) >= 11 is 0. The van der Waals surface area contributed by atoms with Crippen LogP contribution in [-0.4, -0.2) is 29.4 Å². The van der Waals surface area contributed by atoms with Crippen LogP contribution in [0.3, 0.4) is 0 Å². The van der Waals surface area contributed by atoms with Crippen molar-refractivity contribution in [1.82, 2.24) is 19.9 Å². The van der Waals surface area contributed by atoms with Crippen molar-refractivity contribution in [2.24, 2.45) is 0 Å². The lowest BCUT2D eigenvalue weighted by molar-refractivity contribution is 0.0988. The number of H-pyrrole nitrogens is 1. The van der Waals surface area contributed by atoms with Gasteiger partial charge in [0.1, 0.15) is 12.2 Å². The average molecular weight is 308 g/mol. The highest BCUT2D eigenvalue weighted by Gasteiger charge is 2.20. The fraction of sp³-hybridized carbons (Fsp3) is 0.308. The van der Waals surface area contributed by atoms with Crippen molar-refractivity contribution in [2.45, 2.75) is 31.2 Å². The van der Waals surface area contributed by atoms with E-state index in [0.29, 0.717) is 17.8 Å². The zero-order valence-electron chi connectivity index (χ0n) is 11.7. The number of aromatic amines is 1. The van der Waals surface area contributed by atoms with Crippen LogP contribution >= 0.6 is 0 Å². The summed E-state index contributed by atoms with van der Waals surface area (Å²) in [5, 5.41) is 6.29. The van der Waals surface area contributed by atoms with Crippen LogP contribution in [0.4, 0.5) is 0 Å². The Kier molecular flexibility index (Phi) is 4.49. The van der Waals surface area contributed by atoms with Crippen molar-refractivity contribution in [2.75, 3.05) is 0 Å². The Hall–Kier alpha value is -2.06. The first kappa shape index (κ1) is 15.3. The quantitative estimate of drug-likeness (QED) is 0.786. The number of nitrogens with one attached hydrogen (secondary N) is 2. The largest absolute Gasteiger partial charge is 0.294 e. The molecule has 2 N–H and O–H groups in total. The van der Waals surface area contributed by atoms with E-state index in [-0.39, 0.29) is 10.7 Å². The van der Waals surface area contributed by atoms with Gasteiger partial charge in [-0.3, -0.25) is 9.89 Å². The van der Waals surface area contributed by atoms with Crippen molar-refractivity contribution < 1.29 is 13.2 Å². The average Bonchev–Trinajstić information content (AvgIpc) is 3.00. The first-order chi connectivity index (χ1) is 9.94. The number of rotatable bonds is 6. The van der Waals surface area contributed by atoms with Gasteiger partial charge in [0.15, 0.2) is 5.78 Å². The van der Waals surface area contributed by atoms with Gasteiger partial charge in [-0.2, -0.15) is 5.10 Å². The second kappa shape index (κ2) is 6.15. The summed E-state index contributed by atoms with van der Waals surface area (Å²) in [6, 6.07) is 5.42.